The number of fused-ring (bicyclic) bond motifs is 1. The van der Waals surface area contributed by atoms with Gasteiger partial charge in [0, 0.05) is 5.56 Å². The van der Waals surface area contributed by atoms with Gasteiger partial charge in [-0.25, -0.2) is 0 Å². The zero-order valence-electron chi connectivity index (χ0n) is 17.1. The van der Waals surface area contributed by atoms with Gasteiger partial charge in [-0.05, 0) is 54.6 Å². The molecule has 32 heavy (non-hydrogen) atoms. The summed E-state index contributed by atoms with van der Waals surface area (Å²) in [6.45, 7) is 2.22. The molecule has 0 saturated carbocycles. The van der Waals surface area contributed by atoms with Crippen LogP contribution in [-0.4, -0.2) is 33.6 Å². The van der Waals surface area contributed by atoms with Gasteiger partial charge in [0.2, 0.25) is 5.17 Å². The van der Waals surface area contributed by atoms with E-state index in [4.69, 9.17) is 14.6 Å². The first-order valence-corrected chi connectivity index (χ1v) is 10.7. The molecule has 0 unspecified atom stereocenters. The molecular weight excluding hydrogens is 424 g/mol. The highest BCUT2D eigenvalue weighted by molar-refractivity contribution is 8.27. The average molecular weight is 443 g/mol. The number of furan rings is 1. The monoisotopic (exact) mass is 442 g/mol. The molecule has 2 aromatic carbocycles. The number of benzene rings is 2. The van der Waals surface area contributed by atoms with Crippen LogP contribution in [0.25, 0.3) is 17.4 Å². The van der Waals surface area contributed by atoms with E-state index >= 15 is 0 Å². The summed E-state index contributed by atoms with van der Waals surface area (Å²) < 4.78 is 11.6. The highest BCUT2D eigenvalue weighted by Gasteiger charge is 2.36. The lowest BCUT2D eigenvalue weighted by atomic mass is 10.1. The molecule has 5 rings (SSSR count). The molecule has 0 atom stereocenters. The van der Waals surface area contributed by atoms with Crippen molar-refractivity contribution in [1.29, 1.82) is 5.41 Å². The van der Waals surface area contributed by atoms with Crippen molar-refractivity contribution in [2.75, 3.05) is 6.61 Å². The number of hydrogen-bond acceptors (Lipinski definition) is 6. The number of amides is 1. The summed E-state index contributed by atoms with van der Waals surface area (Å²) in [7, 11) is 0. The maximum Gasteiger partial charge on any atom is 0.283 e. The molecule has 0 saturated heterocycles. The minimum Gasteiger partial charge on any atom is -0.487 e. The van der Waals surface area contributed by atoms with Gasteiger partial charge in [0.05, 0.1) is 5.57 Å². The second-order valence-electron chi connectivity index (χ2n) is 7.19. The van der Waals surface area contributed by atoms with Crippen molar-refractivity contribution in [2.24, 2.45) is 10.1 Å². The first-order valence-electron chi connectivity index (χ1n) is 9.91. The van der Waals surface area contributed by atoms with E-state index < -0.39 is 5.91 Å². The Morgan fingerprint density at radius 2 is 1.97 bits per heavy atom. The van der Waals surface area contributed by atoms with Crippen LogP contribution in [0.5, 0.6) is 5.75 Å². The number of ether oxygens (including phenoxy) is 1. The van der Waals surface area contributed by atoms with E-state index in [-0.39, 0.29) is 18.0 Å². The Morgan fingerprint density at radius 1 is 1.12 bits per heavy atom. The molecule has 3 aromatic rings. The van der Waals surface area contributed by atoms with Gasteiger partial charge in [0.25, 0.3) is 5.91 Å². The fourth-order valence-corrected chi connectivity index (χ4v) is 4.07. The molecule has 7 nitrogen and oxygen atoms in total. The van der Waals surface area contributed by atoms with E-state index in [1.807, 2.05) is 67.6 Å². The van der Waals surface area contributed by atoms with Crippen molar-refractivity contribution >= 4 is 39.8 Å². The van der Waals surface area contributed by atoms with Crippen molar-refractivity contribution in [3.8, 4) is 17.1 Å². The molecule has 158 valence electrons. The zero-order chi connectivity index (χ0) is 22.1. The Bertz CT molecular complexity index is 1310. The third-order valence-electron chi connectivity index (χ3n) is 4.82. The van der Waals surface area contributed by atoms with Crippen molar-refractivity contribution < 1.29 is 13.9 Å². The minimum absolute atomic E-state index is 0.0456. The smallest absolute Gasteiger partial charge is 0.283 e. The molecule has 0 radical (unpaired) electrons. The Morgan fingerprint density at radius 3 is 2.78 bits per heavy atom. The lowest BCUT2D eigenvalue weighted by Crippen LogP contribution is -2.35. The average Bonchev–Trinajstić information content (AvgIpc) is 3.43. The zero-order valence-corrected chi connectivity index (χ0v) is 17.9. The Kier molecular flexibility index (Phi) is 5.20. The Labute approximate surface area is 188 Å². The topological polar surface area (TPSA) is 91.2 Å². The summed E-state index contributed by atoms with van der Waals surface area (Å²) in [5.74, 6) is 1.34. The number of hydrogen-bond donors (Lipinski definition) is 1. The van der Waals surface area contributed by atoms with E-state index in [9.17, 15) is 4.79 Å². The van der Waals surface area contributed by atoms with Crippen LogP contribution < -0.4 is 4.74 Å². The largest absolute Gasteiger partial charge is 0.487 e. The van der Waals surface area contributed by atoms with Gasteiger partial charge in [0.1, 0.15) is 28.9 Å². The van der Waals surface area contributed by atoms with Gasteiger partial charge < -0.3 is 9.15 Å². The molecule has 0 aliphatic carbocycles. The molecule has 0 spiro atoms. The first kappa shape index (κ1) is 20.0. The highest BCUT2D eigenvalue weighted by atomic mass is 32.2. The van der Waals surface area contributed by atoms with Crippen molar-refractivity contribution in [3.63, 3.8) is 0 Å². The molecule has 3 heterocycles. The number of carbonyl (C=O) groups is 1. The molecule has 8 heteroatoms. The van der Waals surface area contributed by atoms with Gasteiger partial charge in [-0.1, -0.05) is 42.5 Å². The van der Waals surface area contributed by atoms with E-state index in [0.29, 0.717) is 21.7 Å². The number of thioether (sulfide) groups is 1. The van der Waals surface area contributed by atoms with E-state index in [2.05, 4.69) is 10.1 Å². The summed E-state index contributed by atoms with van der Waals surface area (Å²) >= 11 is 1.22. The van der Waals surface area contributed by atoms with Crippen LogP contribution in [-0.2, 0) is 4.79 Å². The summed E-state index contributed by atoms with van der Waals surface area (Å²) in [4.78, 5) is 16.7. The third-order valence-corrected chi connectivity index (χ3v) is 5.70. The molecule has 2 aliphatic heterocycles. The predicted octanol–water partition coefficient (Wildman–Crippen LogP) is 4.95. The Hall–Kier alpha value is -3.91. The van der Waals surface area contributed by atoms with Crippen LogP contribution in [0, 0.1) is 12.3 Å². The molecular formula is C24H18N4O3S. The second kappa shape index (κ2) is 8.32. The van der Waals surface area contributed by atoms with Gasteiger partial charge in [-0.2, -0.15) is 15.1 Å². The van der Waals surface area contributed by atoms with E-state index in [1.54, 1.807) is 6.07 Å². The summed E-state index contributed by atoms with van der Waals surface area (Å²) in [6.07, 6.45) is 1.53. The predicted molar refractivity (Wildman–Crippen MR) is 126 cm³/mol. The number of amidine groups is 2. The number of aryl methyl sites for hydroxylation is 1. The van der Waals surface area contributed by atoms with Crippen LogP contribution in [0.3, 0.4) is 0 Å². The van der Waals surface area contributed by atoms with E-state index in [0.717, 1.165) is 16.9 Å². The highest BCUT2D eigenvalue weighted by Crippen LogP contribution is 2.30. The molecule has 2 aliphatic rings. The number of nitrogens with one attached hydrogen (secondary N) is 1. The fourth-order valence-electron chi connectivity index (χ4n) is 3.27. The normalized spacial score (nSPS) is 16.8. The van der Waals surface area contributed by atoms with Crippen LogP contribution >= 0.6 is 11.8 Å². The van der Waals surface area contributed by atoms with Crippen molar-refractivity contribution in [3.05, 3.63) is 83.6 Å². The fraction of sp³-hybridized carbons (Fsp3) is 0.0833. The van der Waals surface area contributed by atoms with Gasteiger partial charge in [0.15, 0.2) is 5.84 Å². The molecule has 1 N–H and O–H groups in total. The lowest BCUT2D eigenvalue weighted by Gasteiger charge is -2.19. The van der Waals surface area contributed by atoms with Crippen LogP contribution in [0.4, 0.5) is 0 Å². The SMILES string of the molecule is Cc1cccc(OCC2=NN3C(=N)/C(=C/c4ccc(-c5ccccc5)o4)C(=O)N=C3S2)c1. The van der Waals surface area contributed by atoms with E-state index in [1.165, 1.54) is 22.8 Å². The number of hydrazone groups is 1. The van der Waals surface area contributed by atoms with Crippen molar-refractivity contribution in [1.82, 2.24) is 5.01 Å². The molecule has 1 amide bonds. The molecule has 0 bridgehead atoms. The standard InChI is InChI=1S/C24H18N4O3S/c1-15-6-5-9-17(12-15)30-14-21-27-28-22(25)19(23(29)26-24(28)32-21)13-18-10-11-20(31-18)16-7-3-2-4-8-16/h2-13,25H,14H2,1H3/b19-13-,25-22?. The Balaban J connectivity index is 1.34. The maximum absolute atomic E-state index is 12.6. The number of aliphatic imine (C=N–C) groups is 1. The first-order chi connectivity index (χ1) is 15.6. The quantitative estimate of drug-likeness (QED) is 0.565. The van der Waals surface area contributed by atoms with Crippen LogP contribution in [0.1, 0.15) is 11.3 Å². The summed E-state index contributed by atoms with van der Waals surface area (Å²) in [5.41, 5.74) is 2.15. The van der Waals surface area contributed by atoms with Gasteiger partial charge >= 0.3 is 0 Å². The van der Waals surface area contributed by atoms with Gasteiger partial charge in [-0.15, -0.1) is 0 Å². The maximum atomic E-state index is 12.6. The number of nitrogens with zero attached hydrogens (tertiary/aromatic N) is 3. The molecule has 1 aromatic heterocycles. The summed E-state index contributed by atoms with van der Waals surface area (Å²) in [6, 6.07) is 21.0. The lowest BCUT2D eigenvalue weighted by molar-refractivity contribution is -0.114. The minimum atomic E-state index is -0.498. The number of rotatable bonds is 5. The van der Waals surface area contributed by atoms with Crippen molar-refractivity contribution in [2.45, 2.75) is 6.92 Å². The van der Waals surface area contributed by atoms with Crippen LogP contribution in [0.2, 0.25) is 0 Å². The second-order valence-corrected chi connectivity index (χ2v) is 8.23. The number of carbonyl (C=O) groups excluding carboxylic acids is 1. The third kappa shape index (κ3) is 4.00. The van der Waals surface area contributed by atoms with Crippen LogP contribution in [0.15, 0.2) is 86.8 Å². The summed E-state index contributed by atoms with van der Waals surface area (Å²) in [5, 5.41) is 15.2. The molecule has 0 fully saturated rings. The van der Waals surface area contributed by atoms with Gasteiger partial charge in [-0.3, -0.25) is 10.2 Å².